The molecule has 4 rings (SSSR count). The van der Waals surface area contributed by atoms with E-state index in [9.17, 15) is 14.4 Å². The summed E-state index contributed by atoms with van der Waals surface area (Å²) in [4.78, 5) is 40.0. The maximum absolute atomic E-state index is 13.3. The van der Waals surface area contributed by atoms with Crippen LogP contribution in [0.3, 0.4) is 0 Å². The van der Waals surface area contributed by atoms with Crippen molar-refractivity contribution in [3.8, 4) is 11.5 Å². The average Bonchev–Trinajstić information content (AvgIpc) is 3.03. The Balaban J connectivity index is 1.44. The number of amides is 3. The number of ether oxygens (including phenoxy) is 2. The molecule has 1 unspecified atom stereocenters. The van der Waals surface area contributed by atoms with Gasteiger partial charge < -0.3 is 25.4 Å². The molecular formula is C34H32ClN3O5S. The predicted molar refractivity (Wildman–Crippen MR) is 177 cm³/mol. The number of nitrogens with one attached hydrogen (secondary N) is 3. The van der Waals surface area contributed by atoms with Crippen LogP contribution < -0.4 is 25.4 Å². The number of benzene rings is 4. The van der Waals surface area contributed by atoms with Gasteiger partial charge in [-0.2, -0.15) is 0 Å². The van der Waals surface area contributed by atoms with Crippen LogP contribution in [-0.4, -0.2) is 37.2 Å². The first-order valence-corrected chi connectivity index (χ1v) is 14.9. The molecule has 8 nitrogen and oxygen atoms in total. The molecule has 0 aliphatic heterocycles. The van der Waals surface area contributed by atoms with Crippen molar-refractivity contribution in [2.45, 2.75) is 24.0 Å². The van der Waals surface area contributed by atoms with E-state index in [2.05, 4.69) is 16.0 Å². The molecule has 3 N–H and O–H groups in total. The van der Waals surface area contributed by atoms with E-state index in [0.717, 1.165) is 10.5 Å². The summed E-state index contributed by atoms with van der Waals surface area (Å²) in [6, 6.07) is 26.3. The molecule has 4 aromatic rings. The number of hydrogen-bond donors (Lipinski definition) is 3. The smallest absolute Gasteiger partial charge is 0.272 e. The van der Waals surface area contributed by atoms with E-state index in [1.165, 1.54) is 18.9 Å². The molecular weight excluding hydrogens is 598 g/mol. The van der Waals surface area contributed by atoms with Crippen LogP contribution in [0.4, 0.5) is 11.4 Å². The van der Waals surface area contributed by atoms with E-state index in [4.69, 9.17) is 21.1 Å². The van der Waals surface area contributed by atoms with Gasteiger partial charge in [0.05, 0.1) is 25.2 Å². The summed E-state index contributed by atoms with van der Waals surface area (Å²) in [5, 5.41) is 8.60. The SMILES string of the molecule is COc1ccc(/C=C(\NC(=O)c2ccccc2)C(=O)Nc2ccc(SC(C)C(=O)Nc3cc(C)c(Cl)cc3OC)cc2)cc1. The van der Waals surface area contributed by atoms with Gasteiger partial charge in [0.15, 0.2) is 0 Å². The monoisotopic (exact) mass is 629 g/mol. The summed E-state index contributed by atoms with van der Waals surface area (Å²) in [7, 11) is 3.09. The normalized spacial score (nSPS) is 11.7. The highest BCUT2D eigenvalue weighted by molar-refractivity contribution is 8.00. The Morgan fingerprint density at radius 3 is 2.18 bits per heavy atom. The fraction of sp³-hybridized carbons (Fsp3) is 0.147. The minimum Gasteiger partial charge on any atom is -0.497 e. The van der Waals surface area contributed by atoms with Gasteiger partial charge in [0.25, 0.3) is 11.8 Å². The molecule has 1 atom stereocenters. The van der Waals surface area contributed by atoms with Gasteiger partial charge in [-0.05, 0) is 85.6 Å². The Kier molecular flexibility index (Phi) is 11.1. The third-order valence-electron chi connectivity index (χ3n) is 6.49. The van der Waals surface area contributed by atoms with E-state index < -0.39 is 17.1 Å². The van der Waals surface area contributed by atoms with Gasteiger partial charge in [-0.1, -0.05) is 41.9 Å². The lowest BCUT2D eigenvalue weighted by atomic mass is 10.1. The van der Waals surface area contributed by atoms with Crippen molar-refractivity contribution in [1.82, 2.24) is 5.32 Å². The molecule has 0 bridgehead atoms. The van der Waals surface area contributed by atoms with Crippen LogP contribution in [0.25, 0.3) is 6.08 Å². The zero-order chi connectivity index (χ0) is 31.6. The number of carbonyl (C=O) groups is 3. The van der Waals surface area contributed by atoms with Crippen molar-refractivity contribution >= 4 is 58.5 Å². The highest BCUT2D eigenvalue weighted by atomic mass is 35.5. The summed E-state index contributed by atoms with van der Waals surface area (Å²) in [5.41, 5.74) is 3.08. The Bertz CT molecular complexity index is 1660. The molecule has 0 fully saturated rings. The van der Waals surface area contributed by atoms with E-state index >= 15 is 0 Å². The predicted octanol–water partition coefficient (Wildman–Crippen LogP) is 7.19. The van der Waals surface area contributed by atoms with Crippen LogP contribution in [0.5, 0.6) is 11.5 Å². The highest BCUT2D eigenvalue weighted by Crippen LogP contribution is 2.32. The lowest BCUT2D eigenvalue weighted by Crippen LogP contribution is -2.30. The molecule has 0 aliphatic carbocycles. The van der Waals surface area contributed by atoms with Crippen molar-refractivity contribution in [2.75, 3.05) is 24.9 Å². The summed E-state index contributed by atoms with van der Waals surface area (Å²) >= 11 is 7.54. The number of aryl methyl sites for hydroxylation is 1. The Hall–Kier alpha value is -4.73. The maximum atomic E-state index is 13.3. The second-order valence-electron chi connectivity index (χ2n) is 9.68. The molecule has 0 saturated heterocycles. The van der Waals surface area contributed by atoms with Gasteiger partial charge in [-0.25, -0.2) is 0 Å². The number of thioether (sulfide) groups is 1. The molecule has 3 amide bonds. The first kappa shape index (κ1) is 32.2. The standard InChI is InChI=1S/C34H32ClN3O5S/c1-21-18-29(31(43-4)20-28(21)35)37-32(39)22(2)44-27-16-12-25(13-17-27)36-34(41)30(19-23-10-14-26(42-3)15-11-23)38-33(40)24-8-6-5-7-9-24/h5-20,22H,1-4H3,(H,36,41)(H,37,39)(H,38,40)/b30-19-. The molecule has 0 aromatic heterocycles. The van der Waals surface area contributed by atoms with Crippen molar-refractivity contribution in [3.63, 3.8) is 0 Å². The van der Waals surface area contributed by atoms with Gasteiger partial charge in [0.2, 0.25) is 5.91 Å². The average molecular weight is 630 g/mol. The number of rotatable bonds is 11. The van der Waals surface area contributed by atoms with Gasteiger partial charge in [0, 0.05) is 27.2 Å². The molecule has 0 radical (unpaired) electrons. The molecule has 0 saturated carbocycles. The van der Waals surface area contributed by atoms with Crippen molar-refractivity contribution < 1.29 is 23.9 Å². The molecule has 226 valence electrons. The van der Waals surface area contributed by atoms with Gasteiger partial charge in [-0.15, -0.1) is 11.8 Å². The fourth-order valence-electron chi connectivity index (χ4n) is 4.05. The van der Waals surface area contributed by atoms with Gasteiger partial charge in [-0.3, -0.25) is 14.4 Å². The van der Waals surface area contributed by atoms with Crippen LogP contribution >= 0.6 is 23.4 Å². The first-order valence-electron chi connectivity index (χ1n) is 13.6. The molecule has 10 heteroatoms. The Morgan fingerprint density at radius 2 is 1.55 bits per heavy atom. The summed E-state index contributed by atoms with van der Waals surface area (Å²) in [6.07, 6.45) is 1.59. The van der Waals surface area contributed by atoms with E-state index in [1.54, 1.807) is 92.9 Å². The number of hydrogen-bond acceptors (Lipinski definition) is 6. The molecule has 0 heterocycles. The van der Waals surface area contributed by atoms with Crippen LogP contribution in [0.1, 0.15) is 28.4 Å². The number of methoxy groups -OCH3 is 2. The zero-order valence-corrected chi connectivity index (χ0v) is 26.2. The third-order valence-corrected chi connectivity index (χ3v) is 8.01. The molecule has 0 spiro atoms. The highest BCUT2D eigenvalue weighted by Gasteiger charge is 2.18. The Labute approximate surface area is 265 Å². The van der Waals surface area contributed by atoms with Crippen LogP contribution in [-0.2, 0) is 9.59 Å². The van der Waals surface area contributed by atoms with Crippen LogP contribution in [0, 0.1) is 6.92 Å². The molecule has 44 heavy (non-hydrogen) atoms. The second kappa shape index (κ2) is 15.1. The van der Waals surface area contributed by atoms with Crippen molar-refractivity contribution in [2.24, 2.45) is 0 Å². The number of halogens is 1. The Morgan fingerprint density at radius 1 is 0.864 bits per heavy atom. The second-order valence-corrected chi connectivity index (χ2v) is 11.5. The number of anilines is 2. The zero-order valence-electron chi connectivity index (χ0n) is 24.6. The quantitative estimate of drug-likeness (QED) is 0.120. The molecule has 4 aromatic carbocycles. The van der Waals surface area contributed by atoms with Crippen LogP contribution in [0.2, 0.25) is 5.02 Å². The van der Waals surface area contributed by atoms with Crippen molar-refractivity contribution in [3.05, 3.63) is 118 Å². The minimum absolute atomic E-state index is 0.0700. The van der Waals surface area contributed by atoms with Gasteiger partial charge >= 0.3 is 0 Å². The molecule has 0 aliphatic rings. The topological polar surface area (TPSA) is 106 Å². The van der Waals surface area contributed by atoms with E-state index in [-0.39, 0.29) is 11.6 Å². The summed E-state index contributed by atoms with van der Waals surface area (Å²) in [5.74, 6) is 0.0453. The lowest BCUT2D eigenvalue weighted by Gasteiger charge is -2.16. The maximum Gasteiger partial charge on any atom is 0.272 e. The number of carbonyl (C=O) groups excluding carboxylic acids is 3. The van der Waals surface area contributed by atoms with Gasteiger partial charge in [0.1, 0.15) is 17.2 Å². The van der Waals surface area contributed by atoms with Crippen LogP contribution in [0.15, 0.2) is 102 Å². The lowest BCUT2D eigenvalue weighted by molar-refractivity contribution is -0.115. The van der Waals surface area contributed by atoms with Crippen molar-refractivity contribution in [1.29, 1.82) is 0 Å². The fourth-order valence-corrected chi connectivity index (χ4v) is 5.07. The first-order chi connectivity index (χ1) is 21.2. The summed E-state index contributed by atoms with van der Waals surface area (Å²) in [6.45, 7) is 3.65. The summed E-state index contributed by atoms with van der Waals surface area (Å²) < 4.78 is 10.6. The minimum atomic E-state index is -0.495. The third kappa shape index (κ3) is 8.65. The largest absolute Gasteiger partial charge is 0.497 e. The van der Waals surface area contributed by atoms with E-state index in [1.807, 2.05) is 25.1 Å². The van der Waals surface area contributed by atoms with E-state index in [0.29, 0.717) is 39.0 Å².